The predicted octanol–water partition coefficient (Wildman–Crippen LogP) is 3.85. The number of benzene rings is 1. The number of imidazole rings is 1. The van der Waals surface area contributed by atoms with E-state index in [1.807, 2.05) is 24.7 Å². The zero-order chi connectivity index (χ0) is 16.6. The fourth-order valence-corrected chi connectivity index (χ4v) is 4.09. The fourth-order valence-electron chi connectivity index (χ4n) is 3.89. The van der Waals surface area contributed by atoms with Gasteiger partial charge in [0.1, 0.15) is 5.75 Å². The van der Waals surface area contributed by atoms with Crippen LogP contribution in [0.25, 0.3) is 0 Å². The molecule has 0 spiro atoms. The van der Waals surface area contributed by atoms with E-state index in [2.05, 4.69) is 27.4 Å². The first-order chi connectivity index (χ1) is 11.6. The number of aryl methyl sites for hydroxylation is 1. The number of likely N-dealkylation sites (tertiary alicyclic amines) is 1. The second kappa shape index (κ2) is 6.41. The van der Waals surface area contributed by atoms with Crippen molar-refractivity contribution in [2.24, 2.45) is 11.3 Å². The number of aromatic nitrogens is 2. The van der Waals surface area contributed by atoms with E-state index in [1.165, 1.54) is 25.1 Å². The zero-order valence-corrected chi connectivity index (χ0v) is 14.9. The van der Waals surface area contributed by atoms with Gasteiger partial charge in [-0.1, -0.05) is 18.5 Å². The Labute approximate surface area is 148 Å². The molecule has 2 heterocycles. The number of fused-ring (bicyclic) bond motifs is 1. The summed E-state index contributed by atoms with van der Waals surface area (Å²) in [5, 5.41) is 0.784. The van der Waals surface area contributed by atoms with Crippen molar-refractivity contribution in [2.45, 2.75) is 32.9 Å². The minimum Gasteiger partial charge on any atom is -0.493 e. The Hall–Kier alpha value is -1.52. The molecule has 1 aromatic heterocycles. The maximum atomic E-state index is 6.21. The third kappa shape index (κ3) is 3.45. The van der Waals surface area contributed by atoms with Crippen molar-refractivity contribution in [3.8, 4) is 5.75 Å². The third-order valence-electron chi connectivity index (χ3n) is 5.40. The van der Waals surface area contributed by atoms with Crippen molar-refractivity contribution in [3.63, 3.8) is 0 Å². The lowest BCUT2D eigenvalue weighted by atomic mass is 10.1. The summed E-state index contributed by atoms with van der Waals surface area (Å²) >= 11 is 6.21. The van der Waals surface area contributed by atoms with Crippen LogP contribution in [0.1, 0.15) is 25.3 Å². The van der Waals surface area contributed by atoms with Gasteiger partial charge < -0.3 is 9.30 Å². The van der Waals surface area contributed by atoms with E-state index in [1.54, 1.807) is 6.20 Å². The molecule has 24 heavy (non-hydrogen) atoms. The van der Waals surface area contributed by atoms with E-state index in [0.29, 0.717) is 12.0 Å². The van der Waals surface area contributed by atoms with Gasteiger partial charge in [0.2, 0.25) is 0 Å². The monoisotopic (exact) mass is 345 g/mol. The Morgan fingerprint density at radius 3 is 3.08 bits per heavy atom. The molecule has 128 valence electrons. The lowest BCUT2D eigenvalue weighted by molar-refractivity contribution is 0.262. The van der Waals surface area contributed by atoms with E-state index >= 15 is 0 Å². The molecule has 4 nitrogen and oxygen atoms in total. The molecule has 1 aliphatic heterocycles. The largest absolute Gasteiger partial charge is 0.493 e. The van der Waals surface area contributed by atoms with E-state index in [0.717, 1.165) is 36.2 Å². The van der Waals surface area contributed by atoms with E-state index in [4.69, 9.17) is 16.3 Å². The molecule has 2 atom stereocenters. The van der Waals surface area contributed by atoms with Crippen molar-refractivity contribution >= 4 is 11.6 Å². The first kappa shape index (κ1) is 16.0. The second-order valence-electron chi connectivity index (χ2n) is 7.48. The summed E-state index contributed by atoms with van der Waals surface area (Å²) in [4.78, 5) is 6.60. The van der Waals surface area contributed by atoms with Crippen LogP contribution in [-0.4, -0.2) is 34.1 Å². The minimum absolute atomic E-state index is 0.574. The lowest BCUT2D eigenvalue weighted by Crippen LogP contribution is -2.24. The van der Waals surface area contributed by atoms with Gasteiger partial charge in [0.05, 0.1) is 12.9 Å². The summed E-state index contributed by atoms with van der Waals surface area (Å²) in [6.07, 6.45) is 7.98. The van der Waals surface area contributed by atoms with Gasteiger partial charge in [-0.05, 0) is 42.4 Å². The van der Waals surface area contributed by atoms with Crippen LogP contribution in [0.4, 0.5) is 0 Å². The molecule has 2 fully saturated rings. The van der Waals surface area contributed by atoms with Crippen LogP contribution in [0.2, 0.25) is 5.02 Å². The third-order valence-corrected chi connectivity index (χ3v) is 5.63. The van der Waals surface area contributed by atoms with Crippen molar-refractivity contribution in [2.75, 3.05) is 19.7 Å². The fraction of sp³-hybridized carbons (Fsp3) is 0.526. The molecule has 2 aromatic rings. The van der Waals surface area contributed by atoms with Gasteiger partial charge in [0.15, 0.2) is 0 Å². The summed E-state index contributed by atoms with van der Waals surface area (Å²) in [7, 11) is 0. The van der Waals surface area contributed by atoms with Crippen LogP contribution in [-0.2, 0) is 13.1 Å². The van der Waals surface area contributed by atoms with E-state index in [9.17, 15) is 0 Å². The Bertz CT molecular complexity index is 703. The van der Waals surface area contributed by atoms with Crippen LogP contribution in [0.5, 0.6) is 5.75 Å². The van der Waals surface area contributed by atoms with Gasteiger partial charge in [-0.3, -0.25) is 4.90 Å². The van der Waals surface area contributed by atoms with Gasteiger partial charge in [-0.15, -0.1) is 0 Å². The van der Waals surface area contributed by atoms with Crippen LogP contribution in [0.15, 0.2) is 36.9 Å². The predicted molar refractivity (Wildman–Crippen MR) is 95.3 cm³/mol. The number of rotatable bonds is 7. The molecule has 2 aliphatic rings. The number of hydrogen-bond donors (Lipinski definition) is 0. The van der Waals surface area contributed by atoms with Crippen molar-refractivity contribution < 1.29 is 4.74 Å². The standard InChI is InChI=1S/C19H24ClN3O/c1-19-10-16(19)12-23(13-19)11-15-9-17(20)3-4-18(15)24-8-2-6-22-7-5-21-14-22/h3-5,7,9,14,16H,2,6,8,10-13H2,1H3. The Balaban J connectivity index is 1.34. The quantitative estimate of drug-likeness (QED) is 0.714. The smallest absolute Gasteiger partial charge is 0.123 e. The van der Waals surface area contributed by atoms with Crippen LogP contribution in [0, 0.1) is 11.3 Å². The highest BCUT2D eigenvalue weighted by Crippen LogP contribution is 2.57. The highest BCUT2D eigenvalue weighted by atomic mass is 35.5. The molecule has 5 heteroatoms. The summed E-state index contributed by atoms with van der Waals surface area (Å²) < 4.78 is 8.12. The van der Waals surface area contributed by atoms with Gasteiger partial charge in [0.25, 0.3) is 0 Å². The summed E-state index contributed by atoms with van der Waals surface area (Å²) in [6, 6.07) is 5.98. The molecule has 0 bridgehead atoms. The molecule has 0 amide bonds. The molecule has 1 saturated heterocycles. The van der Waals surface area contributed by atoms with Gasteiger partial charge in [-0.2, -0.15) is 0 Å². The van der Waals surface area contributed by atoms with Crippen molar-refractivity contribution in [1.29, 1.82) is 0 Å². The molecular weight excluding hydrogens is 322 g/mol. The van der Waals surface area contributed by atoms with E-state index in [-0.39, 0.29) is 0 Å². The minimum atomic E-state index is 0.574. The second-order valence-corrected chi connectivity index (χ2v) is 7.92. The SMILES string of the molecule is CC12CC1CN(Cc1cc(Cl)ccc1OCCCn1ccnc1)C2. The lowest BCUT2D eigenvalue weighted by Gasteiger charge is -2.21. The molecule has 1 aliphatic carbocycles. The Morgan fingerprint density at radius 1 is 1.42 bits per heavy atom. The van der Waals surface area contributed by atoms with Crippen LogP contribution < -0.4 is 4.74 Å². The maximum absolute atomic E-state index is 6.21. The molecule has 1 saturated carbocycles. The zero-order valence-electron chi connectivity index (χ0n) is 14.1. The number of halogens is 1. The first-order valence-electron chi connectivity index (χ1n) is 8.72. The van der Waals surface area contributed by atoms with E-state index < -0.39 is 0 Å². The van der Waals surface area contributed by atoms with Gasteiger partial charge in [-0.25, -0.2) is 4.98 Å². The van der Waals surface area contributed by atoms with Gasteiger partial charge >= 0.3 is 0 Å². The molecule has 0 N–H and O–H groups in total. The summed E-state index contributed by atoms with van der Waals surface area (Å²) in [5.74, 6) is 1.87. The number of ether oxygens (including phenoxy) is 1. The average Bonchev–Trinajstić information content (AvgIpc) is 2.93. The number of nitrogens with zero attached hydrogens (tertiary/aromatic N) is 3. The topological polar surface area (TPSA) is 30.3 Å². The normalized spacial score (nSPS) is 25.7. The van der Waals surface area contributed by atoms with Crippen molar-refractivity contribution in [1.82, 2.24) is 14.5 Å². The Kier molecular flexibility index (Phi) is 4.27. The molecule has 0 radical (unpaired) electrons. The Morgan fingerprint density at radius 2 is 2.33 bits per heavy atom. The molecule has 4 rings (SSSR count). The number of hydrogen-bond acceptors (Lipinski definition) is 3. The summed E-state index contributed by atoms with van der Waals surface area (Å²) in [5.41, 5.74) is 1.78. The first-order valence-corrected chi connectivity index (χ1v) is 9.09. The van der Waals surface area contributed by atoms with Crippen LogP contribution >= 0.6 is 11.6 Å². The molecular formula is C19H24ClN3O. The molecule has 1 aromatic carbocycles. The van der Waals surface area contributed by atoms with Crippen molar-refractivity contribution in [3.05, 3.63) is 47.5 Å². The highest BCUT2D eigenvalue weighted by molar-refractivity contribution is 6.30. The van der Waals surface area contributed by atoms with Gasteiger partial charge in [0, 0.05) is 49.2 Å². The molecule has 2 unspecified atom stereocenters. The van der Waals surface area contributed by atoms with Crippen LogP contribution in [0.3, 0.4) is 0 Å². The highest BCUT2D eigenvalue weighted by Gasteiger charge is 2.55. The average molecular weight is 346 g/mol. The maximum Gasteiger partial charge on any atom is 0.123 e. The summed E-state index contributed by atoms with van der Waals surface area (Å²) in [6.45, 7) is 7.38. The number of piperidine rings is 1.